The molecule has 1 N–H and O–H groups in total. The Bertz CT molecular complexity index is 750. The third-order valence-electron chi connectivity index (χ3n) is 4.52. The second-order valence-corrected chi connectivity index (χ2v) is 6.66. The molecule has 6 nitrogen and oxygen atoms in total. The Morgan fingerprint density at radius 2 is 1.77 bits per heavy atom. The molecule has 138 valence electrons. The fourth-order valence-electron chi connectivity index (χ4n) is 3.31. The summed E-state index contributed by atoms with van der Waals surface area (Å²) in [5.74, 6) is -0.311. The van der Waals surface area contributed by atoms with Gasteiger partial charge in [0.2, 0.25) is 0 Å². The molecule has 1 saturated heterocycles. The van der Waals surface area contributed by atoms with Crippen molar-refractivity contribution in [2.45, 2.75) is 20.4 Å². The van der Waals surface area contributed by atoms with E-state index in [1.165, 1.54) is 5.69 Å². The van der Waals surface area contributed by atoms with Crippen molar-refractivity contribution in [3.8, 4) is 5.75 Å². The van der Waals surface area contributed by atoms with Gasteiger partial charge in [-0.15, -0.1) is 0 Å². The van der Waals surface area contributed by atoms with E-state index in [0.29, 0.717) is 5.75 Å². The fourth-order valence-corrected chi connectivity index (χ4v) is 3.31. The van der Waals surface area contributed by atoms with E-state index in [-0.39, 0.29) is 6.61 Å². The molecule has 0 bridgehead atoms. The lowest BCUT2D eigenvalue weighted by Gasteiger charge is -2.36. The largest absolute Gasteiger partial charge is 0.482 e. The van der Waals surface area contributed by atoms with E-state index in [1.54, 1.807) is 0 Å². The molecule has 1 aliphatic heterocycles. The highest BCUT2D eigenvalue weighted by Gasteiger charge is 2.19. The van der Waals surface area contributed by atoms with Crippen LogP contribution in [-0.2, 0) is 11.3 Å². The number of carbonyl (C=O) groups is 1. The number of aliphatic carboxylic acids is 1. The van der Waals surface area contributed by atoms with Gasteiger partial charge in [-0.05, 0) is 32.0 Å². The number of hydrogen-bond donors (Lipinski definition) is 1. The number of pyridine rings is 1. The fraction of sp³-hybridized carbons (Fsp3) is 0.400. The topological polar surface area (TPSA) is 65.9 Å². The molecule has 1 fully saturated rings. The van der Waals surface area contributed by atoms with Gasteiger partial charge in [-0.25, -0.2) is 4.79 Å². The average molecular weight is 355 g/mol. The molecular weight excluding hydrogens is 330 g/mol. The number of aromatic nitrogens is 1. The number of carboxylic acid groups (broad SMARTS) is 1. The second kappa shape index (κ2) is 8.19. The van der Waals surface area contributed by atoms with Crippen LogP contribution in [0.1, 0.15) is 17.0 Å². The Kier molecular flexibility index (Phi) is 5.73. The Morgan fingerprint density at radius 3 is 2.42 bits per heavy atom. The van der Waals surface area contributed by atoms with Crippen molar-refractivity contribution in [3.63, 3.8) is 0 Å². The first kappa shape index (κ1) is 18.2. The molecule has 0 saturated carbocycles. The van der Waals surface area contributed by atoms with Crippen LogP contribution in [-0.4, -0.2) is 53.7 Å². The predicted molar refractivity (Wildman–Crippen MR) is 101 cm³/mol. The number of anilines is 1. The first-order valence-electron chi connectivity index (χ1n) is 8.86. The number of benzene rings is 1. The van der Waals surface area contributed by atoms with Crippen LogP contribution in [0.4, 0.5) is 5.69 Å². The molecule has 0 amide bonds. The van der Waals surface area contributed by atoms with Gasteiger partial charge in [-0.3, -0.25) is 9.88 Å². The third-order valence-corrected chi connectivity index (χ3v) is 4.52. The van der Waals surface area contributed by atoms with E-state index in [0.717, 1.165) is 49.7 Å². The quantitative estimate of drug-likeness (QED) is 0.859. The molecular formula is C20H25N3O3. The molecule has 0 atom stereocenters. The number of carboxylic acids is 1. The maximum absolute atomic E-state index is 10.7. The van der Waals surface area contributed by atoms with Crippen molar-refractivity contribution in [1.82, 2.24) is 9.88 Å². The molecule has 2 aromatic rings. The van der Waals surface area contributed by atoms with Gasteiger partial charge in [0.05, 0.1) is 0 Å². The van der Waals surface area contributed by atoms with Gasteiger partial charge >= 0.3 is 5.97 Å². The van der Waals surface area contributed by atoms with Gasteiger partial charge in [0, 0.05) is 55.4 Å². The first-order valence-corrected chi connectivity index (χ1v) is 8.86. The number of para-hydroxylation sites is 1. The zero-order valence-electron chi connectivity index (χ0n) is 15.3. The Balaban J connectivity index is 1.60. The highest BCUT2D eigenvalue weighted by molar-refractivity contribution is 5.68. The summed E-state index contributed by atoms with van der Waals surface area (Å²) in [6.45, 7) is 8.33. The summed E-state index contributed by atoms with van der Waals surface area (Å²) < 4.78 is 5.41. The molecule has 3 rings (SSSR count). The maximum Gasteiger partial charge on any atom is 0.341 e. The Labute approximate surface area is 154 Å². The van der Waals surface area contributed by atoms with Crippen molar-refractivity contribution < 1.29 is 14.6 Å². The van der Waals surface area contributed by atoms with Crippen molar-refractivity contribution in [3.05, 3.63) is 53.3 Å². The lowest BCUT2D eigenvalue weighted by Crippen LogP contribution is -2.46. The minimum Gasteiger partial charge on any atom is -0.482 e. The number of piperazine rings is 1. The number of nitrogens with zero attached hydrogens (tertiary/aromatic N) is 3. The van der Waals surface area contributed by atoms with E-state index in [1.807, 2.05) is 38.1 Å². The first-order chi connectivity index (χ1) is 12.5. The summed E-state index contributed by atoms with van der Waals surface area (Å²) >= 11 is 0. The number of ether oxygens (including phenoxy) is 1. The smallest absolute Gasteiger partial charge is 0.341 e. The zero-order chi connectivity index (χ0) is 18.5. The minimum atomic E-state index is -0.962. The van der Waals surface area contributed by atoms with Crippen molar-refractivity contribution in [1.29, 1.82) is 0 Å². The van der Waals surface area contributed by atoms with E-state index >= 15 is 0 Å². The monoisotopic (exact) mass is 355 g/mol. The Hall–Kier alpha value is -2.60. The van der Waals surface area contributed by atoms with Crippen LogP contribution in [0, 0.1) is 13.8 Å². The normalized spacial score (nSPS) is 15.1. The van der Waals surface area contributed by atoms with Gasteiger partial charge in [0.1, 0.15) is 5.75 Å². The van der Waals surface area contributed by atoms with Crippen LogP contribution in [0.15, 0.2) is 36.4 Å². The van der Waals surface area contributed by atoms with Crippen molar-refractivity contribution in [2.75, 3.05) is 37.7 Å². The van der Waals surface area contributed by atoms with E-state index in [4.69, 9.17) is 9.84 Å². The maximum atomic E-state index is 10.7. The summed E-state index contributed by atoms with van der Waals surface area (Å²) in [6, 6.07) is 11.9. The van der Waals surface area contributed by atoms with Gasteiger partial charge in [-0.1, -0.05) is 18.2 Å². The lowest BCUT2D eigenvalue weighted by molar-refractivity contribution is -0.139. The lowest BCUT2D eigenvalue weighted by atomic mass is 10.1. The summed E-state index contributed by atoms with van der Waals surface area (Å²) in [5.41, 5.74) is 4.36. The Morgan fingerprint density at radius 1 is 1.12 bits per heavy atom. The SMILES string of the molecule is Cc1cc(N2CCN(Cc3ccccc3OCC(=O)O)CC2)cc(C)n1. The summed E-state index contributed by atoms with van der Waals surface area (Å²) in [5, 5.41) is 8.82. The number of aryl methyl sites for hydroxylation is 2. The predicted octanol–water partition coefficient (Wildman–Crippen LogP) is 2.48. The van der Waals surface area contributed by atoms with E-state index in [2.05, 4.69) is 26.9 Å². The third kappa shape index (κ3) is 4.73. The van der Waals surface area contributed by atoms with Gasteiger partial charge in [0.25, 0.3) is 0 Å². The second-order valence-electron chi connectivity index (χ2n) is 6.66. The van der Waals surface area contributed by atoms with Crippen LogP contribution in [0.3, 0.4) is 0 Å². The number of rotatable bonds is 6. The van der Waals surface area contributed by atoms with Crippen LogP contribution in [0.2, 0.25) is 0 Å². The molecule has 2 heterocycles. The molecule has 1 aliphatic rings. The summed E-state index contributed by atoms with van der Waals surface area (Å²) in [4.78, 5) is 20.0. The molecule has 26 heavy (non-hydrogen) atoms. The molecule has 0 unspecified atom stereocenters. The minimum absolute atomic E-state index is 0.314. The van der Waals surface area contributed by atoms with Crippen molar-refractivity contribution in [2.24, 2.45) is 0 Å². The summed E-state index contributed by atoms with van der Waals surface area (Å²) in [7, 11) is 0. The van der Waals surface area contributed by atoms with Gasteiger partial charge in [0.15, 0.2) is 6.61 Å². The highest BCUT2D eigenvalue weighted by Crippen LogP contribution is 2.22. The molecule has 0 aliphatic carbocycles. The zero-order valence-corrected chi connectivity index (χ0v) is 15.3. The molecule has 1 aromatic heterocycles. The van der Waals surface area contributed by atoms with Crippen LogP contribution < -0.4 is 9.64 Å². The molecule has 1 aromatic carbocycles. The van der Waals surface area contributed by atoms with Crippen LogP contribution in [0.5, 0.6) is 5.75 Å². The molecule has 0 radical (unpaired) electrons. The molecule has 6 heteroatoms. The molecule has 0 spiro atoms. The van der Waals surface area contributed by atoms with Crippen LogP contribution in [0.25, 0.3) is 0 Å². The van der Waals surface area contributed by atoms with Crippen LogP contribution >= 0.6 is 0 Å². The van der Waals surface area contributed by atoms with E-state index in [9.17, 15) is 4.79 Å². The van der Waals surface area contributed by atoms with Crippen molar-refractivity contribution >= 4 is 11.7 Å². The van der Waals surface area contributed by atoms with Gasteiger partial charge < -0.3 is 14.7 Å². The number of hydrogen-bond acceptors (Lipinski definition) is 5. The summed E-state index contributed by atoms with van der Waals surface area (Å²) in [6.07, 6.45) is 0. The average Bonchev–Trinajstić information content (AvgIpc) is 2.61. The standard InChI is InChI=1S/C20H25N3O3/c1-15-11-18(12-16(2)21-15)23-9-7-22(8-10-23)13-17-5-3-4-6-19(17)26-14-20(24)25/h3-6,11-12H,7-10,13-14H2,1-2H3,(H,24,25). The van der Waals surface area contributed by atoms with E-state index < -0.39 is 5.97 Å². The van der Waals surface area contributed by atoms with Gasteiger partial charge in [-0.2, -0.15) is 0 Å². The highest BCUT2D eigenvalue weighted by atomic mass is 16.5.